The maximum absolute atomic E-state index is 5.65. The molecule has 2 atom stereocenters. The van der Waals surface area contributed by atoms with Gasteiger partial charge >= 0.3 is 0 Å². The maximum Gasteiger partial charge on any atom is 0.163 e. The SMILES string of the molecule is CNC(C)/C=C\NCC1COC(C)(C)O1. The Bertz CT molecular complexity index is 217. The van der Waals surface area contributed by atoms with Crippen molar-refractivity contribution in [2.45, 2.75) is 38.7 Å². The molecule has 1 aliphatic rings. The Morgan fingerprint density at radius 2 is 2.27 bits per heavy atom. The van der Waals surface area contributed by atoms with Crippen molar-refractivity contribution >= 4 is 0 Å². The molecule has 1 saturated heterocycles. The van der Waals surface area contributed by atoms with E-state index in [0.29, 0.717) is 12.6 Å². The molecule has 4 heteroatoms. The highest BCUT2D eigenvalue weighted by atomic mass is 16.7. The van der Waals surface area contributed by atoms with Crippen molar-refractivity contribution < 1.29 is 9.47 Å². The van der Waals surface area contributed by atoms with E-state index in [-0.39, 0.29) is 6.10 Å². The molecule has 0 saturated carbocycles. The highest BCUT2D eigenvalue weighted by molar-refractivity contribution is 4.89. The summed E-state index contributed by atoms with van der Waals surface area (Å²) in [6, 6.07) is 0.384. The highest BCUT2D eigenvalue weighted by Gasteiger charge is 2.31. The minimum Gasteiger partial charge on any atom is -0.388 e. The van der Waals surface area contributed by atoms with Crippen LogP contribution in [0.2, 0.25) is 0 Å². The lowest BCUT2D eigenvalue weighted by atomic mass is 10.3. The van der Waals surface area contributed by atoms with Crippen LogP contribution >= 0.6 is 0 Å². The molecule has 15 heavy (non-hydrogen) atoms. The number of hydrogen-bond acceptors (Lipinski definition) is 4. The summed E-state index contributed by atoms with van der Waals surface area (Å²) in [5, 5.41) is 6.33. The van der Waals surface area contributed by atoms with Crippen LogP contribution in [0.15, 0.2) is 12.3 Å². The highest BCUT2D eigenvalue weighted by Crippen LogP contribution is 2.21. The normalized spacial score (nSPS) is 27.1. The maximum atomic E-state index is 5.65. The predicted octanol–water partition coefficient (Wildman–Crippen LogP) is 0.849. The van der Waals surface area contributed by atoms with Crippen LogP contribution in [-0.2, 0) is 9.47 Å². The second kappa shape index (κ2) is 5.49. The third kappa shape index (κ3) is 4.64. The van der Waals surface area contributed by atoms with Crippen LogP contribution in [0.4, 0.5) is 0 Å². The Labute approximate surface area is 92.0 Å². The molecule has 0 amide bonds. The van der Waals surface area contributed by atoms with Gasteiger partial charge in [0.25, 0.3) is 0 Å². The smallest absolute Gasteiger partial charge is 0.163 e. The van der Waals surface area contributed by atoms with Crippen molar-refractivity contribution in [3.8, 4) is 0 Å². The molecule has 1 fully saturated rings. The van der Waals surface area contributed by atoms with Gasteiger partial charge in [0.15, 0.2) is 5.79 Å². The Balaban J connectivity index is 2.14. The van der Waals surface area contributed by atoms with Crippen molar-refractivity contribution in [3.05, 3.63) is 12.3 Å². The van der Waals surface area contributed by atoms with Crippen LogP contribution in [-0.4, -0.2) is 38.1 Å². The largest absolute Gasteiger partial charge is 0.388 e. The molecule has 2 N–H and O–H groups in total. The molecule has 0 bridgehead atoms. The second-order valence-electron chi connectivity index (χ2n) is 4.30. The van der Waals surface area contributed by atoms with Crippen LogP contribution in [0.3, 0.4) is 0 Å². The third-order valence-electron chi connectivity index (χ3n) is 2.37. The minimum absolute atomic E-state index is 0.148. The van der Waals surface area contributed by atoms with Crippen LogP contribution in [0, 0.1) is 0 Å². The molecule has 0 spiro atoms. The zero-order valence-electron chi connectivity index (χ0n) is 10.0. The molecule has 1 aliphatic heterocycles. The number of nitrogens with one attached hydrogen (secondary N) is 2. The van der Waals surface area contributed by atoms with Crippen LogP contribution < -0.4 is 10.6 Å². The van der Waals surface area contributed by atoms with E-state index < -0.39 is 5.79 Å². The fourth-order valence-corrected chi connectivity index (χ4v) is 1.37. The van der Waals surface area contributed by atoms with E-state index in [4.69, 9.17) is 9.47 Å². The van der Waals surface area contributed by atoms with Crippen LogP contribution in [0.1, 0.15) is 20.8 Å². The summed E-state index contributed by atoms with van der Waals surface area (Å²) < 4.78 is 11.1. The number of rotatable bonds is 5. The summed E-state index contributed by atoms with van der Waals surface area (Å²) in [5.74, 6) is -0.422. The Morgan fingerprint density at radius 3 is 2.80 bits per heavy atom. The molecule has 1 heterocycles. The summed E-state index contributed by atoms with van der Waals surface area (Å²) in [6.07, 6.45) is 4.17. The first kappa shape index (κ1) is 12.5. The molecule has 0 radical (unpaired) electrons. The summed E-state index contributed by atoms with van der Waals surface area (Å²) >= 11 is 0. The topological polar surface area (TPSA) is 42.5 Å². The van der Waals surface area contributed by atoms with Crippen LogP contribution in [0.5, 0.6) is 0 Å². The van der Waals surface area contributed by atoms with Gasteiger partial charge in [-0.05, 0) is 34.0 Å². The molecule has 4 nitrogen and oxygen atoms in total. The average molecular weight is 214 g/mol. The van der Waals surface area contributed by atoms with Gasteiger partial charge in [0.2, 0.25) is 0 Å². The van der Waals surface area contributed by atoms with Gasteiger partial charge in [0.05, 0.1) is 6.61 Å². The van der Waals surface area contributed by atoms with E-state index in [1.54, 1.807) is 0 Å². The lowest BCUT2D eigenvalue weighted by Gasteiger charge is -2.17. The Hall–Kier alpha value is -0.580. The molecule has 0 aromatic carbocycles. The summed E-state index contributed by atoms with van der Waals surface area (Å²) in [5.41, 5.74) is 0. The van der Waals surface area contributed by atoms with E-state index in [2.05, 4.69) is 23.6 Å². The summed E-state index contributed by atoms with van der Waals surface area (Å²) in [6.45, 7) is 7.42. The minimum atomic E-state index is -0.422. The number of likely N-dealkylation sites (N-methyl/N-ethyl adjacent to an activating group) is 1. The molecule has 0 aliphatic carbocycles. The van der Waals surface area contributed by atoms with E-state index in [1.807, 2.05) is 27.1 Å². The molecule has 1 rings (SSSR count). The summed E-state index contributed by atoms with van der Waals surface area (Å²) in [4.78, 5) is 0. The zero-order valence-corrected chi connectivity index (χ0v) is 10.0. The fourth-order valence-electron chi connectivity index (χ4n) is 1.37. The van der Waals surface area contributed by atoms with Crippen molar-refractivity contribution in [3.63, 3.8) is 0 Å². The van der Waals surface area contributed by atoms with E-state index in [9.17, 15) is 0 Å². The fraction of sp³-hybridized carbons (Fsp3) is 0.818. The second-order valence-corrected chi connectivity index (χ2v) is 4.30. The lowest BCUT2D eigenvalue weighted by Crippen LogP contribution is -2.28. The van der Waals surface area contributed by atoms with Gasteiger partial charge in [-0.25, -0.2) is 0 Å². The zero-order chi connectivity index (χ0) is 11.3. The molecule has 88 valence electrons. The van der Waals surface area contributed by atoms with Crippen molar-refractivity contribution in [1.82, 2.24) is 10.6 Å². The van der Waals surface area contributed by atoms with Gasteiger partial charge in [0.1, 0.15) is 6.10 Å². The van der Waals surface area contributed by atoms with Crippen molar-refractivity contribution in [2.75, 3.05) is 20.2 Å². The van der Waals surface area contributed by atoms with Gasteiger partial charge in [0, 0.05) is 12.6 Å². The first-order valence-corrected chi connectivity index (χ1v) is 5.42. The number of ether oxygens (including phenoxy) is 2. The third-order valence-corrected chi connectivity index (χ3v) is 2.37. The quantitative estimate of drug-likeness (QED) is 0.712. The Kier molecular flexibility index (Phi) is 4.57. The first-order chi connectivity index (χ1) is 7.03. The molecule has 0 aromatic heterocycles. The van der Waals surface area contributed by atoms with E-state index in [0.717, 1.165) is 6.54 Å². The molecule has 0 aromatic rings. The van der Waals surface area contributed by atoms with E-state index in [1.165, 1.54) is 0 Å². The van der Waals surface area contributed by atoms with Crippen LogP contribution in [0.25, 0.3) is 0 Å². The molecular formula is C11H22N2O2. The molecule has 2 unspecified atom stereocenters. The van der Waals surface area contributed by atoms with E-state index >= 15 is 0 Å². The Morgan fingerprint density at radius 1 is 1.53 bits per heavy atom. The average Bonchev–Trinajstić information content (AvgIpc) is 2.52. The van der Waals surface area contributed by atoms with Crippen molar-refractivity contribution in [2.24, 2.45) is 0 Å². The van der Waals surface area contributed by atoms with Gasteiger partial charge in [-0.2, -0.15) is 0 Å². The lowest BCUT2D eigenvalue weighted by molar-refractivity contribution is -0.137. The van der Waals surface area contributed by atoms with Gasteiger partial charge in [-0.3, -0.25) is 0 Å². The van der Waals surface area contributed by atoms with Gasteiger partial charge in [-0.1, -0.05) is 6.08 Å². The number of hydrogen-bond donors (Lipinski definition) is 2. The van der Waals surface area contributed by atoms with Gasteiger partial charge < -0.3 is 20.1 Å². The van der Waals surface area contributed by atoms with Gasteiger partial charge in [-0.15, -0.1) is 0 Å². The summed E-state index contributed by atoms with van der Waals surface area (Å²) in [7, 11) is 1.94. The standard InChI is InChI=1S/C11H22N2O2/c1-9(12-4)5-6-13-7-10-8-14-11(2,3)15-10/h5-6,9-10,12-13H,7-8H2,1-4H3/b6-5-. The first-order valence-electron chi connectivity index (χ1n) is 5.42. The molecular weight excluding hydrogens is 192 g/mol. The van der Waals surface area contributed by atoms with Crippen molar-refractivity contribution in [1.29, 1.82) is 0 Å². The monoisotopic (exact) mass is 214 g/mol. The predicted molar refractivity (Wildman–Crippen MR) is 60.6 cm³/mol.